The van der Waals surface area contributed by atoms with Gasteiger partial charge in [0, 0.05) is 12.6 Å². The molecule has 0 aliphatic heterocycles. The van der Waals surface area contributed by atoms with Crippen LogP contribution in [0.25, 0.3) is 0 Å². The molecule has 0 aromatic heterocycles. The van der Waals surface area contributed by atoms with Gasteiger partial charge in [-0.25, -0.2) is 0 Å². The molecule has 2 nitrogen and oxygen atoms in total. The molecule has 21 heavy (non-hydrogen) atoms. The molecule has 1 saturated carbocycles. The SMILES string of the molecule is FC(F)(F)C(F)(F)COCc1ccccc1CNC1CC1. The fraction of sp³-hybridized carbons (Fsp3) is 0.571. The topological polar surface area (TPSA) is 21.3 Å². The minimum absolute atomic E-state index is 0.270. The first kappa shape index (κ1) is 16.2. The smallest absolute Gasteiger partial charge is 0.370 e. The number of nitrogens with one attached hydrogen (secondary N) is 1. The molecule has 1 N–H and O–H groups in total. The second-order valence-corrected chi connectivity index (χ2v) is 5.12. The molecule has 0 unspecified atom stereocenters. The van der Waals surface area contributed by atoms with Gasteiger partial charge in [-0.3, -0.25) is 0 Å². The Kier molecular flexibility index (Phi) is 4.83. The van der Waals surface area contributed by atoms with E-state index in [0.29, 0.717) is 18.2 Å². The van der Waals surface area contributed by atoms with Crippen molar-refractivity contribution < 1.29 is 26.7 Å². The van der Waals surface area contributed by atoms with Crippen LogP contribution in [0.2, 0.25) is 0 Å². The number of halogens is 5. The van der Waals surface area contributed by atoms with Crippen LogP contribution in [0.5, 0.6) is 0 Å². The molecule has 0 saturated heterocycles. The standard InChI is InChI=1S/C14H16F5NO/c15-13(16,14(17,18)19)9-21-8-11-4-2-1-3-10(11)7-20-12-5-6-12/h1-4,12,20H,5-9H2. The Balaban J connectivity index is 1.87. The van der Waals surface area contributed by atoms with E-state index in [2.05, 4.69) is 10.1 Å². The molecule has 2 rings (SSSR count). The van der Waals surface area contributed by atoms with Crippen LogP contribution < -0.4 is 5.32 Å². The van der Waals surface area contributed by atoms with Gasteiger partial charge in [-0.1, -0.05) is 24.3 Å². The maximum Gasteiger partial charge on any atom is 0.455 e. The molecule has 0 radical (unpaired) electrons. The lowest BCUT2D eigenvalue weighted by atomic mass is 10.1. The highest BCUT2D eigenvalue weighted by Gasteiger charge is 2.57. The van der Waals surface area contributed by atoms with Gasteiger partial charge in [0.05, 0.1) is 6.61 Å². The van der Waals surface area contributed by atoms with E-state index in [1.807, 2.05) is 0 Å². The van der Waals surface area contributed by atoms with E-state index in [1.165, 1.54) is 0 Å². The molecule has 1 fully saturated rings. The third kappa shape index (κ3) is 4.64. The molecule has 1 aromatic rings. The summed E-state index contributed by atoms with van der Waals surface area (Å²) in [7, 11) is 0. The second kappa shape index (κ2) is 6.27. The molecule has 0 spiro atoms. The Bertz CT molecular complexity index is 471. The predicted octanol–water partition coefficient (Wildman–Crippen LogP) is 3.65. The Morgan fingerprint density at radius 2 is 1.67 bits per heavy atom. The number of hydrogen-bond donors (Lipinski definition) is 1. The molecule has 1 aliphatic carbocycles. The largest absolute Gasteiger partial charge is 0.455 e. The zero-order chi connectivity index (χ0) is 15.5. The Labute approximate surface area is 119 Å². The van der Waals surface area contributed by atoms with Gasteiger partial charge >= 0.3 is 12.1 Å². The summed E-state index contributed by atoms with van der Waals surface area (Å²) in [6.45, 7) is -1.38. The van der Waals surface area contributed by atoms with Crippen molar-refractivity contribution in [3.63, 3.8) is 0 Å². The highest BCUT2D eigenvalue weighted by Crippen LogP contribution is 2.35. The van der Waals surface area contributed by atoms with Crippen LogP contribution in [-0.4, -0.2) is 24.7 Å². The van der Waals surface area contributed by atoms with Gasteiger partial charge in [-0.2, -0.15) is 22.0 Å². The highest BCUT2D eigenvalue weighted by molar-refractivity contribution is 5.26. The van der Waals surface area contributed by atoms with E-state index in [0.717, 1.165) is 18.4 Å². The van der Waals surface area contributed by atoms with Crippen LogP contribution >= 0.6 is 0 Å². The highest BCUT2D eigenvalue weighted by atomic mass is 19.4. The third-order valence-corrected chi connectivity index (χ3v) is 3.23. The maximum absolute atomic E-state index is 12.7. The Morgan fingerprint density at radius 1 is 1.05 bits per heavy atom. The molecular weight excluding hydrogens is 293 g/mol. The number of benzene rings is 1. The van der Waals surface area contributed by atoms with Crippen LogP contribution in [0.3, 0.4) is 0 Å². The Morgan fingerprint density at radius 3 is 2.24 bits per heavy atom. The fourth-order valence-corrected chi connectivity index (χ4v) is 1.78. The summed E-state index contributed by atoms with van der Waals surface area (Å²) < 4.78 is 66.1. The summed E-state index contributed by atoms with van der Waals surface area (Å²) >= 11 is 0. The normalized spacial score (nSPS) is 16.2. The summed E-state index contributed by atoms with van der Waals surface area (Å²) in [6.07, 6.45) is -3.37. The van der Waals surface area contributed by atoms with E-state index in [9.17, 15) is 22.0 Å². The van der Waals surface area contributed by atoms with Crippen molar-refractivity contribution in [1.82, 2.24) is 5.32 Å². The first-order chi connectivity index (χ1) is 9.79. The first-order valence-corrected chi connectivity index (χ1v) is 6.62. The van der Waals surface area contributed by atoms with Crippen molar-refractivity contribution in [2.24, 2.45) is 0 Å². The van der Waals surface area contributed by atoms with Crippen LogP contribution in [0.4, 0.5) is 22.0 Å². The molecule has 7 heteroatoms. The van der Waals surface area contributed by atoms with Crippen molar-refractivity contribution in [1.29, 1.82) is 0 Å². The summed E-state index contributed by atoms with van der Waals surface area (Å²) in [5, 5.41) is 3.26. The minimum Gasteiger partial charge on any atom is -0.370 e. The third-order valence-electron chi connectivity index (χ3n) is 3.23. The van der Waals surface area contributed by atoms with Crippen molar-refractivity contribution >= 4 is 0 Å². The lowest BCUT2D eigenvalue weighted by molar-refractivity contribution is -0.297. The predicted molar refractivity (Wildman–Crippen MR) is 67.0 cm³/mol. The molecule has 1 aromatic carbocycles. The molecule has 118 valence electrons. The van der Waals surface area contributed by atoms with Crippen molar-refractivity contribution in [2.75, 3.05) is 6.61 Å². The lowest BCUT2D eigenvalue weighted by Gasteiger charge is -2.19. The van der Waals surface area contributed by atoms with Crippen LogP contribution in [0.1, 0.15) is 24.0 Å². The minimum atomic E-state index is -5.58. The van der Waals surface area contributed by atoms with Gasteiger partial charge < -0.3 is 10.1 Å². The van der Waals surface area contributed by atoms with Crippen molar-refractivity contribution in [2.45, 2.75) is 44.1 Å². The van der Waals surface area contributed by atoms with Gasteiger partial charge in [0.1, 0.15) is 6.61 Å². The summed E-state index contributed by atoms with van der Waals surface area (Å²) in [5.74, 6) is -4.83. The first-order valence-electron chi connectivity index (χ1n) is 6.62. The van der Waals surface area contributed by atoms with Gasteiger partial charge in [0.2, 0.25) is 0 Å². The number of hydrogen-bond acceptors (Lipinski definition) is 2. The van der Waals surface area contributed by atoms with E-state index in [1.54, 1.807) is 24.3 Å². The van der Waals surface area contributed by atoms with Gasteiger partial charge in [-0.15, -0.1) is 0 Å². The molecule has 0 bridgehead atoms. The van der Waals surface area contributed by atoms with Crippen LogP contribution in [0.15, 0.2) is 24.3 Å². The summed E-state index contributed by atoms with van der Waals surface area (Å²) in [4.78, 5) is 0. The summed E-state index contributed by atoms with van der Waals surface area (Å²) in [5.41, 5.74) is 1.46. The maximum atomic E-state index is 12.7. The van der Waals surface area contributed by atoms with Crippen molar-refractivity contribution in [3.8, 4) is 0 Å². The van der Waals surface area contributed by atoms with E-state index >= 15 is 0 Å². The second-order valence-electron chi connectivity index (χ2n) is 5.12. The van der Waals surface area contributed by atoms with Crippen molar-refractivity contribution in [3.05, 3.63) is 35.4 Å². The summed E-state index contributed by atoms with van der Waals surface area (Å²) in [6, 6.07) is 7.43. The molecule has 0 heterocycles. The number of ether oxygens (including phenoxy) is 1. The molecule has 0 atom stereocenters. The average molecular weight is 309 g/mol. The fourth-order valence-electron chi connectivity index (χ4n) is 1.78. The van der Waals surface area contributed by atoms with Gasteiger partial charge in [0.15, 0.2) is 0 Å². The lowest BCUT2D eigenvalue weighted by Crippen LogP contribution is -2.40. The van der Waals surface area contributed by atoms with Gasteiger partial charge in [-0.05, 0) is 24.0 Å². The number of rotatable bonds is 7. The van der Waals surface area contributed by atoms with E-state index < -0.39 is 18.7 Å². The molecule has 1 aliphatic rings. The van der Waals surface area contributed by atoms with E-state index in [-0.39, 0.29) is 6.61 Å². The Hall–Kier alpha value is -1.21. The monoisotopic (exact) mass is 309 g/mol. The molecular formula is C14H16F5NO. The molecule has 0 amide bonds. The van der Waals surface area contributed by atoms with E-state index in [4.69, 9.17) is 0 Å². The number of alkyl halides is 5. The quantitative estimate of drug-likeness (QED) is 0.776. The zero-order valence-corrected chi connectivity index (χ0v) is 11.2. The van der Waals surface area contributed by atoms with Crippen LogP contribution in [-0.2, 0) is 17.9 Å². The zero-order valence-electron chi connectivity index (χ0n) is 11.2. The van der Waals surface area contributed by atoms with Gasteiger partial charge in [0.25, 0.3) is 0 Å². The average Bonchev–Trinajstić information content (AvgIpc) is 3.20. The van der Waals surface area contributed by atoms with Crippen LogP contribution in [0, 0.1) is 0 Å².